The van der Waals surface area contributed by atoms with Gasteiger partial charge in [-0.25, -0.2) is 0 Å². The molecule has 1 rings (SSSR count). The van der Waals surface area contributed by atoms with Crippen molar-refractivity contribution in [3.05, 3.63) is 23.8 Å². The second kappa shape index (κ2) is 15.8. The molecule has 0 aliphatic carbocycles. The normalized spacial score (nSPS) is 10.6. The number of unbranched alkanes of at least 4 members (excludes halogenated alkanes) is 6. The molecule has 0 aromatic heterocycles. The summed E-state index contributed by atoms with van der Waals surface area (Å²) in [5.41, 5.74) is 0.594. The fraction of sp³-hybridized carbons (Fsp3) is 0.667. The van der Waals surface area contributed by atoms with E-state index in [0.29, 0.717) is 43.1 Å². The van der Waals surface area contributed by atoms with Crippen LogP contribution in [-0.2, 0) is 9.53 Å². The zero-order valence-corrected chi connectivity index (χ0v) is 18.5. The molecular formula is C24H38O5. The number of hydrogen-bond donors (Lipinski definition) is 0. The van der Waals surface area contributed by atoms with Gasteiger partial charge in [0, 0.05) is 18.4 Å². The van der Waals surface area contributed by atoms with Gasteiger partial charge in [-0.2, -0.15) is 0 Å². The van der Waals surface area contributed by atoms with Gasteiger partial charge in [-0.1, -0.05) is 52.4 Å². The van der Waals surface area contributed by atoms with E-state index in [2.05, 4.69) is 18.6 Å². The Morgan fingerprint density at radius 2 is 1.38 bits per heavy atom. The maximum absolute atomic E-state index is 12.5. The first-order chi connectivity index (χ1) is 14.1. The number of esters is 1. The number of ether oxygens (including phenoxy) is 3. The smallest absolute Gasteiger partial charge is 0.305 e. The van der Waals surface area contributed by atoms with Crippen molar-refractivity contribution in [1.82, 2.24) is 0 Å². The van der Waals surface area contributed by atoms with Crippen molar-refractivity contribution < 1.29 is 23.8 Å². The molecule has 5 nitrogen and oxygen atoms in total. The molecule has 0 saturated heterocycles. The molecule has 0 fully saturated rings. The van der Waals surface area contributed by atoms with E-state index < -0.39 is 0 Å². The van der Waals surface area contributed by atoms with E-state index in [9.17, 15) is 9.59 Å². The topological polar surface area (TPSA) is 61.8 Å². The van der Waals surface area contributed by atoms with Gasteiger partial charge in [0.05, 0.1) is 20.3 Å². The van der Waals surface area contributed by atoms with Crippen molar-refractivity contribution in [1.29, 1.82) is 0 Å². The van der Waals surface area contributed by atoms with Crippen molar-refractivity contribution in [2.45, 2.75) is 84.5 Å². The van der Waals surface area contributed by atoms with Gasteiger partial charge >= 0.3 is 5.97 Å². The number of methoxy groups -OCH3 is 1. The number of carbonyl (C=O) groups excluding carboxylic acids is 2. The predicted molar refractivity (Wildman–Crippen MR) is 116 cm³/mol. The summed E-state index contributed by atoms with van der Waals surface area (Å²) in [5, 5.41) is 0. The molecule has 0 aliphatic rings. The minimum Gasteiger partial charge on any atom is -0.490 e. The Labute approximate surface area is 176 Å². The molecule has 0 spiro atoms. The molecule has 0 unspecified atom stereocenters. The third-order valence-electron chi connectivity index (χ3n) is 4.79. The molecule has 0 amide bonds. The number of ketones is 1. The summed E-state index contributed by atoms with van der Waals surface area (Å²) in [5.74, 6) is 1.04. The lowest BCUT2D eigenvalue weighted by Crippen LogP contribution is -2.06. The van der Waals surface area contributed by atoms with E-state index in [1.807, 2.05) is 6.07 Å². The lowest BCUT2D eigenvalue weighted by molar-refractivity contribution is -0.140. The Bertz CT molecular complexity index is 597. The van der Waals surface area contributed by atoms with E-state index in [4.69, 9.17) is 9.47 Å². The van der Waals surface area contributed by atoms with Gasteiger partial charge in [0.15, 0.2) is 17.3 Å². The predicted octanol–water partition coefficient (Wildman–Crippen LogP) is 6.13. The molecule has 0 aliphatic heterocycles. The Morgan fingerprint density at radius 1 is 0.759 bits per heavy atom. The Morgan fingerprint density at radius 3 is 1.97 bits per heavy atom. The molecule has 1 aromatic carbocycles. The first kappa shape index (κ1) is 25.0. The Kier molecular flexibility index (Phi) is 13.6. The molecule has 164 valence electrons. The molecule has 0 N–H and O–H groups in total. The average molecular weight is 407 g/mol. The zero-order valence-electron chi connectivity index (χ0n) is 18.5. The first-order valence-electron chi connectivity index (χ1n) is 11.1. The molecule has 0 bridgehead atoms. The van der Waals surface area contributed by atoms with Crippen LogP contribution in [0.1, 0.15) is 94.8 Å². The van der Waals surface area contributed by atoms with Crippen molar-refractivity contribution in [2.75, 3.05) is 20.3 Å². The fourth-order valence-corrected chi connectivity index (χ4v) is 2.98. The lowest BCUT2D eigenvalue weighted by atomic mass is 10.0. The Balaban J connectivity index is 2.68. The molecule has 5 heteroatoms. The van der Waals surface area contributed by atoms with Crippen molar-refractivity contribution in [3.8, 4) is 11.5 Å². The van der Waals surface area contributed by atoms with Crippen LogP contribution in [0.3, 0.4) is 0 Å². The van der Waals surface area contributed by atoms with Crippen molar-refractivity contribution in [2.24, 2.45) is 0 Å². The molecule has 0 atom stereocenters. The minimum absolute atomic E-state index is 0.000711. The third-order valence-corrected chi connectivity index (χ3v) is 4.79. The van der Waals surface area contributed by atoms with Crippen LogP contribution in [-0.4, -0.2) is 32.1 Å². The third kappa shape index (κ3) is 10.9. The van der Waals surface area contributed by atoms with E-state index in [1.165, 1.54) is 32.8 Å². The summed E-state index contributed by atoms with van der Waals surface area (Å²) in [6, 6.07) is 5.39. The molecular weight excluding hydrogens is 368 g/mol. The van der Waals surface area contributed by atoms with Gasteiger partial charge < -0.3 is 14.2 Å². The van der Waals surface area contributed by atoms with Gasteiger partial charge in [0.1, 0.15) is 0 Å². The van der Waals surface area contributed by atoms with Crippen LogP contribution in [0.25, 0.3) is 0 Å². The van der Waals surface area contributed by atoms with Crippen LogP contribution in [0.2, 0.25) is 0 Å². The molecule has 0 radical (unpaired) electrons. The highest BCUT2D eigenvalue weighted by atomic mass is 16.5. The van der Waals surface area contributed by atoms with Gasteiger partial charge in [-0.3, -0.25) is 9.59 Å². The highest BCUT2D eigenvalue weighted by Gasteiger charge is 2.13. The van der Waals surface area contributed by atoms with E-state index >= 15 is 0 Å². The number of Topliss-reactive ketones (excluding diaryl/α,β-unsaturated/α-hetero) is 1. The highest BCUT2D eigenvalue weighted by Crippen LogP contribution is 2.30. The van der Waals surface area contributed by atoms with Crippen LogP contribution < -0.4 is 9.47 Å². The summed E-state index contributed by atoms with van der Waals surface area (Å²) < 4.78 is 16.5. The molecule has 0 saturated carbocycles. The van der Waals surface area contributed by atoms with E-state index in [1.54, 1.807) is 12.1 Å². The monoisotopic (exact) mass is 406 g/mol. The minimum atomic E-state index is -0.291. The van der Waals surface area contributed by atoms with Crippen LogP contribution in [0.4, 0.5) is 0 Å². The summed E-state index contributed by atoms with van der Waals surface area (Å²) in [6.45, 7) is 5.64. The van der Waals surface area contributed by atoms with Crippen molar-refractivity contribution in [3.63, 3.8) is 0 Å². The molecule has 1 aromatic rings. The second-order valence-electron chi connectivity index (χ2n) is 7.33. The maximum Gasteiger partial charge on any atom is 0.305 e. The molecule has 29 heavy (non-hydrogen) atoms. The van der Waals surface area contributed by atoms with Crippen LogP contribution in [0.5, 0.6) is 11.5 Å². The van der Waals surface area contributed by atoms with Gasteiger partial charge in [0.2, 0.25) is 0 Å². The first-order valence-corrected chi connectivity index (χ1v) is 11.1. The number of hydrogen-bond acceptors (Lipinski definition) is 5. The summed E-state index contributed by atoms with van der Waals surface area (Å²) in [4.78, 5) is 23.7. The van der Waals surface area contributed by atoms with Gasteiger partial charge in [0.25, 0.3) is 0 Å². The van der Waals surface area contributed by atoms with Crippen LogP contribution >= 0.6 is 0 Å². The number of rotatable bonds is 17. The lowest BCUT2D eigenvalue weighted by Gasteiger charge is -2.14. The summed E-state index contributed by atoms with van der Waals surface area (Å²) in [7, 11) is 1.36. The zero-order chi connectivity index (χ0) is 21.3. The van der Waals surface area contributed by atoms with Gasteiger partial charge in [-0.15, -0.1) is 0 Å². The fourth-order valence-electron chi connectivity index (χ4n) is 2.98. The number of benzene rings is 1. The van der Waals surface area contributed by atoms with E-state index in [0.717, 1.165) is 25.7 Å². The standard InChI is InChI=1S/C24H38O5/c1-4-6-8-10-17-28-22-16-15-20(21(25)13-12-14-24(26)27-3)19-23(22)29-18-11-9-7-5-2/h15-16,19H,4-14,17-18H2,1-3H3. The van der Waals surface area contributed by atoms with Crippen LogP contribution in [0.15, 0.2) is 18.2 Å². The quantitative estimate of drug-likeness (QED) is 0.177. The van der Waals surface area contributed by atoms with Gasteiger partial charge in [-0.05, 0) is 37.5 Å². The molecule has 0 heterocycles. The number of carbonyl (C=O) groups is 2. The van der Waals surface area contributed by atoms with Crippen molar-refractivity contribution >= 4 is 11.8 Å². The summed E-state index contributed by atoms with van der Waals surface area (Å²) >= 11 is 0. The van der Waals surface area contributed by atoms with E-state index in [-0.39, 0.29) is 18.2 Å². The largest absolute Gasteiger partial charge is 0.490 e. The maximum atomic E-state index is 12.5. The SMILES string of the molecule is CCCCCCOc1ccc(C(=O)CCCC(=O)OC)cc1OCCCCCC. The average Bonchev–Trinajstić information content (AvgIpc) is 2.73. The highest BCUT2D eigenvalue weighted by molar-refractivity contribution is 5.96. The Hall–Kier alpha value is -2.04. The summed E-state index contributed by atoms with van der Waals surface area (Å²) in [6.07, 6.45) is 10.1. The second-order valence-corrected chi connectivity index (χ2v) is 7.33. The van der Waals surface area contributed by atoms with Crippen LogP contribution in [0, 0.1) is 0 Å².